The van der Waals surface area contributed by atoms with E-state index < -0.39 is 0 Å². The van der Waals surface area contributed by atoms with Crippen molar-refractivity contribution in [3.8, 4) is 0 Å². The van der Waals surface area contributed by atoms with Gasteiger partial charge in [-0.1, -0.05) is 30.3 Å². The number of rotatable bonds is 4. The van der Waals surface area contributed by atoms with Gasteiger partial charge in [0.15, 0.2) is 0 Å². The number of nitrogens with zero attached hydrogens (tertiary/aromatic N) is 2. The summed E-state index contributed by atoms with van der Waals surface area (Å²) >= 11 is 0. The summed E-state index contributed by atoms with van der Waals surface area (Å²) in [6, 6.07) is 10.8. The van der Waals surface area contributed by atoms with Crippen LogP contribution >= 0.6 is 0 Å². The molecule has 3 heteroatoms. The van der Waals surface area contributed by atoms with Gasteiger partial charge in [-0.15, -0.1) is 0 Å². The Balaban J connectivity index is 1.44. The summed E-state index contributed by atoms with van der Waals surface area (Å²) in [5, 5.41) is 0. The summed E-state index contributed by atoms with van der Waals surface area (Å²) in [5.41, 5.74) is 1.83. The van der Waals surface area contributed by atoms with Crippen LogP contribution in [0.5, 0.6) is 0 Å². The number of hydrogen-bond donors (Lipinski definition) is 0. The number of ether oxygens (including phenoxy) is 1. The second-order valence-corrected chi connectivity index (χ2v) is 6.67. The third-order valence-corrected chi connectivity index (χ3v) is 5.27. The minimum Gasteiger partial charge on any atom is -0.381 e. The highest BCUT2D eigenvalue weighted by atomic mass is 16.5. The molecule has 0 unspecified atom stereocenters. The van der Waals surface area contributed by atoms with E-state index in [9.17, 15) is 0 Å². The largest absolute Gasteiger partial charge is 0.381 e. The molecule has 0 spiro atoms. The van der Waals surface area contributed by atoms with Crippen LogP contribution in [0.25, 0.3) is 0 Å². The van der Waals surface area contributed by atoms with E-state index in [0.717, 1.165) is 13.2 Å². The molecule has 0 bridgehead atoms. The van der Waals surface area contributed by atoms with Gasteiger partial charge in [0.25, 0.3) is 0 Å². The van der Waals surface area contributed by atoms with Gasteiger partial charge in [-0.25, -0.2) is 0 Å². The maximum Gasteiger partial charge on any atom is 0.0483 e. The minimum atomic E-state index is 0.379. The van der Waals surface area contributed by atoms with Crippen LogP contribution in [0.4, 0.5) is 0 Å². The molecule has 116 valence electrons. The van der Waals surface area contributed by atoms with Crippen molar-refractivity contribution in [2.24, 2.45) is 0 Å². The lowest BCUT2D eigenvalue weighted by Gasteiger charge is -2.47. The molecule has 2 saturated heterocycles. The molecule has 0 N–H and O–H groups in total. The van der Waals surface area contributed by atoms with E-state index in [1.54, 1.807) is 0 Å². The van der Waals surface area contributed by atoms with Crippen molar-refractivity contribution >= 4 is 0 Å². The van der Waals surface area contributed by atoms with Crippen LogP contribution in [-0.2, 0) is 11.2 Å². The van der Waals surface area contributed by atoms with Crippen molar-refractivity contribution in [2.75, 3.05) is 45.9 Å². The van der Waals surface area contributed by atoms with Crippen molar-refractivity contribution in [1.82, 2.24) is 9.80 Å². The monoisotopic (exact) mass is 288 g/mol. The molecule has 0 aliphatic carbocycles. The predicted octanol–water partition coefficient (Wildman–Crippen LogP) is 2.42. The first-order valence-electron chi connectivity index (χ1n) is 8.35. The maximum atomic E-state index is 5.53. The van der Waals surface area contributed by atoms with Crippen molar-refractivity contribution < 1.29 is 4.74 Å². The lowest BCUT2D eigenvalue weighted by atomic mass is 9.89. The molecular formula is C18H28N2O. The Morgan fingerprint density at radius 2 is 1.67 bits per heavy atom. The van der Waals surface area contributed by atoms with Gasteiger partial charge in [-0.2, -0.15) is 0 Å². The first kappa shape index (κ1) is 15.0. The fraction of sp³-hybridized carbons (Fsp3) is 0.667. The van der Waals surface area contributed by atoms with Crippen LogP contribution in [0, 0.1) is 0 Å². The first-order chi connectivity index (χ1) is 10.3. The molecular weight excluding hydrogens is 260 g/mol. The van der Waals surface area contributed by atoms with Crippen molar-refractivity contribution in [3.63, 3.8) is 0 Å². The van der Waals surface area contributed by atoms with Gasteiger partial charge in [0.05, 0.1) is 0 Å². The Hall–Kier alpha value is -0.900. The Bertz CT molecular complexity index is 420. The average Bonchev–Trinajstić information content (AvgIpc) is 2.55. The van der Waals surface area contributed by atoms with E-state index in [4.69, 9.17) is 4.74 Å². The van der Waals surface area contributed by atoms with Crippen LogP contribution in [0.15, 0.2) is 30.3 Å². The Labute approximate surface area is 128 Å². The molecule has 0 atom stereocenters. The SMILES string of the molecule is CC1(N2CCN(CCc3ccccc3)CC2)CCOCC1. The standard InChI is InChI=1S/C18H28N2O/c1-18(8-15-21-16-9-18)20-13-11-19(12-14-20)10-7-17-5-3-2-4-6-17/h2-6H,7-16H2,1H3. The molecule has 0 aromatic heterocycles. The molecule has 0 radical (unpaired) electrons. The Morgan fingerprint density at radius 1 is 1.00 bits per heavy atom. The maximum absolute atomic E-state index is 5.53. The van der Waals surface area contributed by atoms with Crippen LogP contribution in [0.2, 0.25) is 0 Å². The van der Waals surface area contributed by atoms with Crippen molar-refractivity contribution in [1.29, 1.82) is 0 Å². The fourth-order valence-corrected chi connectivity index (χ4v) is 3.57. The van der Waals surface area contributed by atoms with Crippen LogP contribution in [-0.4, -0.2) is 61.3 Å². The second kappa shape index (κ2) is 6.91. The molecule has 3 nitrogen and oxygen atoms in total. The summed E-state index contributed by atoms with van der Waals surface area (Å²) in [7, 11) is 0. The highest BCUT2D eigenvalue weighted by molar-refractivity contribution is 5.14. The van der Waals surface area contributed by atoms with Crippen LogP contribution < -0.4 is 0 Å². The van der Waals surface area contributed by atoms with E-state index in [1.165, 1.54) is 57.5 Å². The molecule has 2 aliphatic rings. The Kier molecular flexibility index (Phi) is 4.94. The van der Waals surface area contributed by atoms with Crippen LogP contribution in [0.3, 0.4) is 0 Å². The third kappa shape index (κ3) is 3.85. The quantitative estimate of drug-likeness (QED) is 0.846. The number of piperazine rings is 1. The predicted molar refractivity (Wildman–Crippen MR) is 86.6 cm³/mol. The molecule has 21 heavy (non-hydrogen) atoms. The van der Waals surface area contributed by atoms with Gasteiger partial charge in [0.1, 0.15) is 0 Å². The molecule has 3 rings (SSSR count). The van der Waals surface area contributed by atoms with Gasteiger partial charge in [-0.3, -0.25) is 4.90 Å². The fourth-order valence-electron chi connectivity index (χ4n) is 3.57. The molecule has 2 fully saturated rings. The summed E-state index contributed by atoms with van der Waals surface area (Å²) < 4.78 is 5.53. The Morgan fingerprint density at radius 3 is 2.33 bits per heavy atom. The summed E-state index contributed by atoms with van der Waals surface area (Å²) in [4.78, 5) is 5.32. The summed E-state index contributed by atoms with van der Waals surface area (Å²) in [5.74, 6) is 0. The topological polar surface area (TPSA) is 15.7 Å². The molecule has 2 heterocycles. The van der Waals surface area contributed by atoms with Crippen molar-refractivity contribution in [3.05, 3.63) is 35.9 Å². The highest BCUT2D eigenvalue weighted by Crippen LogP contribution is 2.28. The zero-order valence-electron chi connectivity index (χ0n) is 13.3. The highest BCUT2D eigenvalue weighted by Gasteiger charge is 2.35. The van der Waals surface area contributed by atoms with Crippen LogP contribution in [0.1, 0.15) is 25.3 Å². The van der Waals surface area contributed by atoms with Gasteiger partial charge < -0.3 is 9.64 Å². The zero-order chi connectivity index (χ0) is 14.5. The molecule has 1 aromatic carbocycles. The lowest BCUT2D eigenvalue weighted by molar-refractivity contribution is -0.0375. The zero-order valence-corrected chi connectivity index (χ0v) is 13.3. The minimum absolute atomic E-state index is 0.379. The number of hydrogen-bond acceptors (Lipinski definition) is 3. The van der Waals surface area contributed by atoms with Crippen molar-refractivity contribution in [2.45, 2.75) is 31.7 Å². The summed E-state index contributed by atoms with van der Waals surface area (Å²) in [6.07, 6.45) is 3.56. The normalized spacial score (nSPS) is 24.0. The molecule has 0 saturated carbocycles. The van der Waals surface area contributed by atoms with E-state index in [1.807, 2.05) is 0 Å². The molecule has 2 aliphatic heterocycles. The van der Waals surface area contributed by atoms with E-state index in [0.29, 0.717) is 5.54 Å². The van der Waals surface area contributed by atoms with E-state index in [-0.39, 0.29) is 0 Å². The van der Waals surface area contributed by atoms with Gasteiger partial charge in [0.2, 0.25) is 0 Å². The molecule has 1 aromatic rings. The van der Waals surface area contributed by atoms with Gasteiger partial charge >= 0.3 is 0 Å². The lowest BCUT2D eigenvalue weighted by Crippen LogP contribution is -2.57. The summed E-state index contributed by atoms with van der Waals surface area (Å²) in [6.45, 7) is 10.3. The van der Waals surface area contributed by atoms with E-state index >= 15 is 0 Å². The average molecular weight is 288 g/mol. The van der Waals surface area contributed by atoms with E-state index in [2.05, 4.69) is 47.1 Å². The third-order valence-electron chi connectivity index (χ3n) is 5.27. The second-order valence-electron chi connectivity index (χ2n) is 6.67. The smallest absolute Gasteiger partial charge is 0.0483 e. The first-order valence-corrected chi connectivity index (χ1v) is 8.35. The van der Waals surface area contributed by atoms with Gasteiger partial charge in [0, 0.05) is 51.5 Å². The van der Waals surface area contributed by atoms with Gasteiger partial charge in [-0.05, 0) is 31.7 Å². The molecule has 0 amide bonds. The number of benzene rings is 1.